The minimum Gasteiger partial charge on any atom is -0.390 e. The molecule has 0 aliphatic carbocycles. The van der Waals surface area contributed by atoms with Crippen molar-refractivity contribution in [1.82, 2.24) is 9.97 Å². The zero-order chi connectivity index (χ0) is 11.8. The van der Waals surface area contributed by atoms with Gasteiger partial charge in [-0.05, 0) is 33.6 Å². The number of hydrogen-bond donors (Lipinski definition) is 1. The van der Waals surface area contributed by atoms with Crippen molar-refractivity contribution in [3.8, 4) is 0 Å². The molecule has 0 bridgehead atoms. The van der Waals surface area contributed by atoms with Crippen LogP contribution in [0, 0.1) is 13.8 Å². The number of nitrogens with zero attached hydrogens (tertiary/aromatic N) is 3. The Kier molecular flexibility index (Phi) is 2.84. The summed E-state index contributed by atoms with van der Waals surface area (Å²) in [6.07, 6.45) is 3.41. The molecule has 0 aromatic carbocycles. The first-order valence-electron chi connectivity index (χ1n) is 5.75. The summed E-state index contributed by atoms with van der Waals surface area (Å²) in [6.45, 7) is 7.55. The zero-order valence-corrected chi connectivity index (χ0v) is 10.2. The molecule has 1 aromatic heterocycles. The van der Waals surface area contributed by atoms with Gasteiger partial charge in [-0.1, -0.05) is 0 Å². The number of aliphatic hydroxyl groups is 1. The lowest BCUT2D eigenvalue weighted by Crippen LogP contribution is -2.42. The molecule has 16 heavy (non-hydrogen) atoms. The highest BCUT2D eigenvalue weighted by Crippen LogP contribution is 2.24. The van der Waals surface area contributed by atoms with E-state index in [2.05, 4.69) is 14.9 Å². The van der Waals surface area contributed by atoms with Gasteiger partial charge in [0.2, 0.25) is 0 Å². The third kappa shape index (κ3) is 2.32. The highest BCUT2D eigenvalue weighted by Gasteiger charge is 2.27. The first-order chi connectivity index (χ1) is 7.48. The Hall–Kier alpha value is -1.16. The molecular formula is C12H19N3O. The van der Waals surface area contributed by atoms with Crippen molar-refractivity contribution in [3.63, 3.8) is 0 Å². The Morgan fingerprint density at radius 2 is 1.88 bits per heavy atom. The number of hydrogen-bond acceptors (Lipinski definition) is 4. The number of aryl methyl sites for hydroxylation is 2. The second-order valence-corrected chi connectivity index (χ2v) is 4.88. The Morgan fingerprint density at radius 1 is 1.25 bits per heavy atom. The lowest BCUT2D eigenvalue weighted by molar-refractivity contribution is 0.0350. The summed E-state index contributed by atoms with van der Waals surface area (Å²) in [7, 11) is 0. The van der Waals surface area contributed by atoms with Crippen molar-refractivity contribution in [3.05, 3.63) is 17.6 Å². The van der Waals surface area contributed by atoms with E-state index in [-0.39, 0.29) is 0 Å². The molecule has 0 saturated carbocycles. The first-order valence-corrected chi connectivity index (χ1v) is 5.75. The van der Waals surface area contributed by atoms with Crippen LogP contribution in [0.3, 0.4) is 0 Å². The number of aromatic nitrogens is 2. The van der Waals surface area contributed by atoms with Gasteiger partial charge in [0.1, 0.15) is 5.82 Å². The number of piperidine rings is 1. The lowest BCUT2D eigenvalue weighted by Gasteiger charge is -2.36. The van der Waals surface area contributed by atoms with Crippen molar-refractivity contribution < 1.29 is 5.11 Å². The smallest absolute Gasteiger partial charge is 0.147 e. The molecule has 1 aliphatic rings. The fourth-order valence-corrected chi connectivity index (χ4v) is 1.90. The van der Waals surface area contributed by atoms with Gasteiger partial charge in [0, 0.05) is 13.1 Å². The van der Waals surface area contributed by atoms with Gasteiger partial charge >= 0.3 is 0 Å². The van der Waals surface area contributed by atoms with E-state index in [1.165, 1.54) is 0 Å². The number of rotatable bonds is 1. The molecular weight excluding hydrogens is 202 g/mol. The van der Waals surface area contributed by atoms with E-state index in [1.807, 2.05) is 27.0 Å². The van der Waals surface area contributed by atoms with Crippen LogP contribution >= 0.6 is 0 Å². The molecule has 4 heteroatoms. The monoisotopic (exact) mass is 221 g/mol. The molecule has 88 valence electrons. The normalized spacial score (nSPS) is 19.9. The SMILES string of the molecule is Cc1ncc(N2CCC(C)(O)CC2)nc1C. The molecule has 1 fully saturated rings. The number of anilines is 1. The van der Waals surface area contributed by atoms with E-state index >= 15 is 0 Å². The Balaban J connectivity index is 2.11. The van der Waals surface area contributed by atoms with Crippen LogP contribution < -0.4 is 4.90 Å². The van der Waals surface area contributed by atoms with Crippen LogP contribution in [0.5, 0.6) is 0 Å². The van der Waals surface area contributed by atoms with E-state index < -0.39 is 5.60 Å². The molecule has 2 rings (SSSR count). The van der Waals surface area contributed by atoms with Crippen LogP contribution in [0.4, 0.5) is 5.82 Å². The quantitative estimate of drug-likeness (QED) is 0.779. The highest BCUT2D eigenvalue weighted by molar-refractivity contribution is 5.38. The molecule has 4 nitrogen and oxygen atoms in total. The molecule has 0 atom stereocenters. The fourth-order valence-electron chi connectivity index (χ4n) is 1.90. The summed E-state index contributed by atoms with van der Waals surface area (Å²) < 4.78 is 0. The molecule has 1 aliphatic heterocycles. The van der Waals surface area contributed by atoms with Crippen LogP contribution in [0.25, 0.3) is 0 Å². The van der Waals surface area contributed by atoms with E-state index in [0.717, 1.165) is 43.1 Å². The standard InChI is InChI=1S/C12H19N3O/c1-9-10(2)14-11(8-13-9)15-6-4-12(3,16)5-7-15/h8,16H,4-7H2,1-3H3. The molecule has 2 heterocycles. The lowest BCUT2D eigenvalue weighted by atomic mass is 9.94. The summed E-state index contributed by atoms with van der Waals surface area (Å²) in [5, 5.41) is 9.88. The van der Waals surface area contributed by atoms with Gasteiger partial charge in [0.25, 0.3) is 0 Å². The summed E-state index contributed by atoms with van der Waals surface area (Å²) in [5.41, 5.74) is 1.45. The van der Waals surface area contributed by atoms with E-state index in [0.29, 0.717) is 0 Å². The van der Waals surface area contributed by atoms with Gasteiger partial charge in [-0.2, -0.15) is 0 Å². The maximum atomic E-state index is 9.88. The maximum Gasteiger partial charge on any atom is 0.147 e. The predicted molar refractivity (Wildman–Crippen MR) is 63.6 cm³/mol. The largest absolute Gasteiger partial charge is 0.390 e. The third-order valence-corrected chi connectivity index (χ3v) is 3.34. The fraction of sp³-hybridized carbons (Fsp3) is 0.667. The summed E-state index contributed by atoms with van der Waals surface area (Å²) in [5.74, 6) is 0.929. The van der Waals surface area contributed by atoms with Crippen molar-refractivity contribution in [2.45, 2.75) is 39.2 Å². The average molecular weight is 221 g/mol. The van der Waals surface area contributed by atoms with E-state index in [9.17, 15) is 5.11 Å². The van der Waals surface area contributed by atoms with Gasteiger partial charge < -0.3 is 10.0 Å². The second kappa shape index (κ2) is 4.01. The highest BCUT2D eigenvalue weighted by atomic mass is 16.3. The molecule has 1 N–H and O–H groups in total. The van der Waals surface area contributed by atoms with Crippen molar-refractivity contribution >= 4 is 5.82 Å². The Bertz CT molecular complexity index is 380. The topological polar surface area (TPSA) is 49.2 Å². The van der Waals surface area contributed by atoms with Crippen LogP contribution in [0.1, 0.15) is 31.2 Å². The first kappa shape index (κ1) is 11.3. The minimum atomic E-state index is -0.510. The predicted octanol–water partition coefficient (Wildman–Crippen LogP) is 1.44. The van der Waals surface area contributed by atoms with Crippen molar-refractivity contribution in [1.29, 1.82) is 0 Å². The zero-order valence-electron chi connectivity index (χ0n) is 10.2. The van der Waals surface area contributed by atoms with Gasteiger partial charge in [0.05, 0.1) is 23.2 Å². The van der Waals surface area contributed by atoms with Crippen LogP contribution in [-0.2, 0) is 0 Å². The summed E-state index contributed by atoms with van der Waals surface area (Å²) in [6, 6.07) is 0. The van der Waals surface area contributed by atoms with Crippen LogP contribution in [0.15, 0.2) is 6.20 Å². The van der Waals surface area contributed by atoms with E-state index in [1.54, 1.807) is 0 Å². The van der Waals surface area contributed by atoms with Crippen LogP contribution in [0.2, 0.25) is 0 Å². The summed E-state index contributed by atoms with van der Waals surface area (Å²) in [4.78, 5) is 11.0. The second-order valence-electron chi connectivity index (χ2n) is 4.88. The van der Waals surface area contributed by atoms with Gasteiger partial charge in [-0.25, -0.2) is 4.98 Å². The summed E-state index contributed by atoms with van der Waals surface area (Å²) >= 11 is 0. The van der Waals surface area contributed by atoms with E-state index in [4.69, 9.17) is 0 Å². The molecule has 0 unspecified atom stereocenters. The van der Waals surface area contributed by atoms with Gasteiger partial charge in [-0.15, -0.1) is 0 Å². The van der Waals surface area contributed by atoms with Crippen molar-refractivity contribution in [2.24, 2.45) is 0 Å². The maximum absolute atomic E-state index is 9.88. The Labute approximate surface area is 96.3 Å². The minimum absolute atomic E-state index is 0.510. The average Bonchev–Trinajstić information content (AvgIpc) is 2.22. The molecule has 1 aromatic rings. The van der Waals surface area contributed by atoms with Crippen LogP contribution in [-0.4, -0.2) is 33.8 Å². The van der Waals surface area contributed by atoms with Crippen molar-refractivity contribution in [2.75, 3.05) is 18.0 Å². The van der Waals surface area contributed by atoms with Gasteiger partial charge in [-0.3, -0.25) is 4.98 Å². The van der Waals surface area contributed by atoms with Gasteiger partial charge in [0.15, 0.2) is 0 Å². The molecule has 0 spiro atoms. The molecule has 0 radical (unpaired) electrons. The molecule has 1 saturated heterocycles. The molecule has 0 amide bonds. The Morgan fingerprint density at radius 3 is 2.44 bits per heavy atom. The third-order valence-electron chi connectivity index (χ3n) is 3.34.